The summed E-state index contributed by atoms with van der Waals surface area (Å²) in [6, 6.07) is 1.98. The van der Waals surface area contributed by atoms with Gasteiger partial charge in [0, 0.05) is 0 Å². The maximum absolute atomic E-state index is 12.8. The summed E-state index contributed by atoms with van der Waals surface area (Å²) in [5.41, 5.74) is -1.80. The zero-order valence-corrected chi connectivity index (χ0v) is 8.27. The van der Waals surface area contributed by atoms with E-state index in [0.29, 0.717) is 12.1 Å². The van der Waals surface area contributed by atoms with E-state index in [0.717, 1.165) is 6.07 Å². The van der Waals surface area contributed by atoms with Gasteiger partial charge in [-0.25, -0.2) is 9.18 Å². The van der Waals surface area contributed by atoms with Crippen LogP contribution in [0.15, 0.2) is 18.2 Å². The van der Waals surface area contributed by atoms with Crippen molar-refractivity contribution in [3.8, 4) is 0 Å². The van der Waals surface area contributed by atoms with Crippen LogP contribution in [-0.2, 0) is 10.9 Å². The monoisotopic (exact) mass is 236 g/mol. The number of alkyl halides is 3. The number of ether oxygens (including phenoxy) is 1. The highest BCUT2D eigenvalue weighted by Gasteiger charge is 2.34. The van der Waals surface area contributed by atoms with Crippen molar-refractivity contribution in [2.75, 3.05) is 6.61 Å². The number of carbonyl (C=O) groups excluding carboxylic acids is 1. The van der Waals surface area contributed by atoms with Crippen molar-refractivity contribution in [2.24, 2.45) is 0 Å². The number of benzene rings is 1. The predicted molar refractivity (Wildman–Crippen MR) is 47.4 cm³/mol. The van der Waals surface area contributed by atoms with Crippen LogP contribution in [0, 0.1) is 5.82 Å². The highest BCUT2D eigenvalue weighted by atomic mass is 19.4. The van der Waals surface area contributed by atoms with Gasteiger partial charge in [0.1, 0.15) is 5.82 Å². The van der Waals surface area contributed by atoms with Crippen LogP contribution >= 0.6 is 0 Å². The lowest BCUT2D eigenvalue weighted by Crippen LogP contribution is -2.11. The molecule has 0 aliphatic heterocycles. The van der Waals surface area contributed by atoms with Crippen LogP contribution < -0.4 is 0 Å². The van der Waals surface area contributed by atoms with E-state index in [2.05, 4.69) is 4.74 Å². The lowest BCUT2D eigenvalue weighted by Gasteiger charge is -2.09. The van der Waals surface area contributed by atoms with Gasteiger partial charge in [-0.1, -0.05) is 0 Å². The summed E-state index contributed by atoms with van der Waals surface area (Å²) in [5.74, 6) is -2.33. The van der Waals surface area contributed by atoms with E-state index < -0.39 is 23.5 Å². The molecule has 0 saturated carbocycles. The van der Waals surface area contributed by atoms with Crippen molar-refractivity contribution in [3.63, 3.8) is 0 Å². The van der Waals surface area contributed by atoms with Crippen molar-refractivity contribution in [2.45, 2.75) is 13.1 Å². The van der Waals surface area contributed by atoms with E-state index in [4.69, 9.17) is 0 Å². The number of esters is 1. The molecule has 16 heavy (non-hydrogen) atoms. The largest absolute Gasteiger partial charge is 0.462 e. The number of rotatable bonds is 2. The lowest BCUT2D eigenvalue weighted by molar-refractivity contribution is -0.140. The molecule has 0 spiro atoms. The summed E-state index contributed by atoms with van der Waals surface area (Å²) in [7, 11) is 0. The average molecular weight is 236 g/mol. The number of hydrogen-bond acceptors (Lipinski definition) is 2. The Labute approximate surface area is 88.8 Å². The molecule has 0 fully saturated rings. The molecule has 1 aromatic rings. The first-order valence-electron chi connectivity index (χ1n) is 4.40. The third-order valence-electron chi connectivity index (χ3n) is 1.78. The van der Waals surface area contributed by atoms with Gasteiger partial charge in [0.15, 0.2) is 0 Å². The van der Waals surface area contributed by atoms with Gasteiger partial charge in [0.05, 0.1) is 17.7 Å². The van der Waals surface area contributed by atoms with Crippen LogP contribution in [-0.4, -0.2) is 12.6 Å². The molecular weight excluding hydrogens is 228 g/mol. The Hall–Kier alpha value is -1.59. The fourth-order valence-corrected chi connectivity index (χ4v) is 1.08. The summed E-state index contributed by atoms with van der Waals surface area (Å²) in [4.78, 5) is 11.1. The molecule has 0 heterocycles. The van der Waals surface area contributed by atoms with Gasteiger partial charge in [-0.3, -0.25) is 0 Å². The second-order valence-electron chi connectivity index (χ2n) is 2.91. The molecule has 0 radical (unpaired) electrons. The van der Waals surface area contributed by atoms with Crippen molar-refractivity contribution >= 4 is 5.97 Å². The molecule has 0 aliphatic rings. The van der Waals surface area contributed by atoms with E-state index >= 15 is 0 Å². The van der Waals surface area contributed by atoms with Gasteiger partial charge in [0.25, 0.3) is 0 Å². The minimum Gasteiger partial charge on any atom is -0.462 e. The van der Waals surface area contributed by atoms with Gasteiger partial charge in [-0.05, 0) is 25.1 Å². The molecule has 1 aromatic carbocycles. The fraction of sp³-hybridized carbons (Fsp3) is 0.300. The Morgan fingerprint density at radius 1 is 1.38 bits per heavy atom. The van der Waals surface area contributed by atoms with E-state index in [9.17, 15) is 22.4 Å². The third-order valence-corrected chi connectivity index (χ3v) is 1.78. The van der Waals surface area contributed by atoms with Crippen molar-refractivity contribution < 1.29 is 27.1 Å². The third kappa shape index (κ3) is 2.71. The zero-order chi connectivity index (χ0) is 12.3. The van der Waals surface area contributed by atoms with Crippen LogP contribution in [0.2, 0.25) is 0 Å². The molecule has 2 nitrogen and oxygen atoms in total. The van der Waals surface area contributed by atoms with Crippen molar-refractivity contribution in [1.82, 2.24) is 0 Å². The van der Waals surface area contributed by atoms with Gasteiger partial charge < -0.3 is 4.74 Å². The standard InChI is InChI=1S/C10H8F4O2/c1-2-16-9(15)6-3-4-8(11)7(5-6)10(12,13)14/h3-5H,2H2,1H3. The Balaban J connectivity index is 3.13. The van der Waals surface area contributed by atoms with Crippen LogP contribution in [0.4, 0.5) is 17.6 Å². The smallest absolute Gasteiger partial charge is 0.419 e. The summed E-state index contributed by atoms with van der Waals surface area (Å²) in [6.07, 6.45) is -4.83. The summed E-state index contributed by atoms with van der Waals surface area (Å²) >= 11 is 0. The number of halogens is 4. The predicted octanol–water partition coefficient (Wildman–Crippen LogP) is 3.02. The van der Waals surface area contributed by atoms with Gasteiger partial charge in [-0.2, -0.15) is 13.2 Å². The second kappa shape index (κ2) is 4.51. The summed E-state index contributed by atoms with van der Waals surface area (Å²) in [6.45, 7) is 1.56. The highest BCUT2D eigenvalue weighted by molar-refractivity contribution is 5.89. The molecule has 0 aromatic heterocycles. The minimum absolute atomic E-state index is 0.0392. The van der Waals surface area contributed by atoms with Crippen LogP contribution in [0.1, 0.15) is 22.8 Å². The summed E-state index contributed by atoms with van der Waals surface area (Å²) in [5, 5.41) is 0. The molecule has 0 N–H and O–H groups in total. The Morgan fingerprint density at radius 2 is 2.00 bits per heavy atom. The maximum atomic E-state index is 12.8. The van der Waals surface area contributed by atoms with E-state index in [1.165, 1.54) is 6.92 Å². The van der Waals surface area contributed by atoms with Crippen LogP contribution in [0.25, 0.3) is 0 Å². The Morgan fingerprint density at radius 3 is 2.50 bits per heavy atom. The molecule has 0 unspecified atom stereocenters. The SMILES string of the molecule is CCOC(=O)c1ccc(F)c(C(F)(F)F)c1. The number of carbonyl (C=O) groups is 1. The first-order valence-corrected chi connectivity index (χ1v) is 4.40. The van der Waals surface area contributed by atoms with Crippen molar-refractivity contribution in [3.05, 3.63) is 35.1 Å². The van der Waals surface area contributed by atoms with Gasteiger partial charge in [-0.15, -0.1) is 0 Å². The topological polar surface area (TPSA) is 26.3 Å². The lowest BCUT2D eigenvalue weighted by atomic mass is 10.1. The molecule has 88 valence electrons. The molecule has 0 amide bonds. The van der Waals surface area contributed by atoms with Crippen molar-refractivity contribution in [1.29, 1.82) is 0 Å². The second-order valence-corrected chi connectivity index (χ2v) is 2.91. The van der Waals surface area contributed by atoms with E-state index in [-0.39, 0.29) is 12.2 Å². The molecule has 0 bridgehead atoms. The molecule has 6 heteroatoms. The Bertz CT molecular complexity index is 398. The number of hydrogen-bond donors (Lipinski definition) is 0. The normalized spacial score (nSPS) is 11.3. The summed E-state index contributed by atoms with van der Waals surface area (Å²) < 4.78 is 54.2. The quantitative estimate of drug-likeness (QED) is 0.582. The van der Waals surface area contributed by atoms with Gasteiger partial charge in [0.2, 0.25) is 0 Å². The van der Waals surface area contributed by atoms with Crippen LogP contribution in [0.5, 0.6) is 0 Å². The Kier molecular flexibility index (Phi) is 3.51. The molecule has 0 aliphatic carbocycles. The average Bonchev–Trinajstić information content (AvgIpc) is 2.16. The fourth-order valence-electron chi connectivity index (χ4n) is 1.08. The maximum Gasteiger partial charge on any atom is 0.419 e. The first-order chi connectivity index (χ1) is 7.36. The van der Waals surface area contributed by atoms with E-state index in [1.54, 1.807) is 0 Å². The molecule has 0 atom stereocenters. The minimum atomic E-state index is -4.83. The highest BCUT2D eigenvalue weighted by Crippen LogP contribution is 2.31. The van der Waals surface area contributed by atoms with E-state index in [1.807, 2.05) is 0 Å². The zero-order valence-electron chi connectivity index (χ0n) is 8.27. The van der Waals surface area contributed by atoms with Crippen LogP contribution in [0.3, 0.4) is 0 Å². The van der Waals surface area contributed by atoms with Gasteiger partial charge >= 0.3 is 12.1 Å². The molecular formula is C10H8F4O2. The first kappa shape index (κ1) is 12.5. The molecule has 0 saturated heterocycles. The molecule has 1 rings (SSSR count).